The number of fused-ring (bicyclic) bond motifs is 2. The standard InChI is InChI=1S/C39H50N6O7S3/c1-7-13-27(36(46)42-40)18-19-39(4)30-25-29(54-49)16-17-32(30)45(21-12-23-55(50)51)34(39)15-10-8-9-14-33-38(2,3)31-24-28(37(47)43(5)52-6)26-44(35(31)41-33)20-11-22-53-48/h7-10,13-19,24-26,35,48-49H,1,11-12,20-23,40H2,2-6H3,(H,42,46)(H,50,51)/b10-8+,14-9+,19-18-,27-13+,34-15+. The number of carbonyl (C=O) groups is 2. The van der Waals surface area contributed by atoms with E-state index in [1.54, 1.807) is 19.2 Å². The van der Waals surface area contributed by atoms with Gasteiger partial charge in [0, 0.05) is 77.1 Å². The van der Waals surface area contributed by atoms with E-state index in [0.29, 0.717) is 59.8 Å². The highest BCUT2D eigenvalue weighted by atomic mass is 32.2. The number of nitrogens with one attached hydrogen (secondary N) is 1. The Bertz CT molecular complexity index is 1900. The Hall–Kier alpha value is -4.00. The summed E-state index contributed by atoms with van der Waals surface area (Å²) in [6.07, 6.45) is 20.8. The van der Waals surface area contributed by atoms with Gasteiger partial charge in [-0.05, 0) is 79.4 Å². The second-order valence-corrected chi connectivity index (χ2v) is 15.9. The molecular weight excluding hydrogens is 761 g/mol. The van der Waals surface area contributed by atoms with Crippen molar-refractivity contribution in [2.75, 3.05) is 43.7 Å². The maximum absolute atomic E-state index is 13.1. The molecule has 0 fully saturated rings. The third-order valence-electron chi connectivity index (χ3n) is 9.76. The highest BCUT2D eigenvalue weighted by molar-refractivity contribution is 7.94. The molecule has 0 radical (unpaired) electrons. The molecule has 1 aromatic carbocycles. The fraction of sp³-hybridized carbons (Fsp3) is 0.359. The molecule has 2 amide bonds. The molecule has 13 nitrogen and oxygen atoms in total. The molecule has 0 spiro atoms. The van der Waals surface area contributed by atoms with Gasteiger partial charge in [0.15, 0.2) is 11.1 Å². The third kappa shape index (κ3) is 10.1. The lowest BCUT2D eigenvalue weighted by Gasteiger charge is -2.34. The molecular formula is C39H50N6O7S3. The molecule has 1 aromatic rings. The largest absolute Gasteiger partial charge is 0.352 e. The lowest BCUT2D eigenvalue weighted by atomic mass is 9.78. The van der Waals surface area contributed by atoms with Crippen LogP contribution in [0, 0.1) is 5.41 Å². The average molecular weight is 811 g/mol. The van der Waals surface area contributed by atoms with Crippen molar-refractivity contribution in [1.29, 1.82) is 0 Å². The van der Waals surface area contributed by atoms with Gasteiger partial charge in [0.1, 0.15) is 6.17 Å². The van der Waals surface area contributed by atoms with Gasteiger partial charge < -0.3 is 23.5 Å². The fourth-order valence-corrected chi connectivity index (χ4v) is 7.69. The van der Waals surface area contributed by atoms with Crippen LogP contribution >= 0.6 is 24.1 Å². The number of amides is 2. The molecule has 0 saturated carbocycles. The number of anilines is 1. The van der Waals surface area contributed by atoms with E-state index in [4.69, 9.17) is 15.7 Å². The minimum absolute atomic E-state index is 0.0963. The van der Waals surface area contributed by atoms with Crippen molar-refractivity contribution in [3.63, 3.8) is 0 Å². The van der Waals surface area contributed by atoms with Crippen molar-refractivity contribution in [2.45, 2.75) is 50.1 Å². The summed E-state index contributed by atoms with van der Waals surface area (Å²) in [6, 6.07) is 5.62. The van der Waals surface area contributed by atoms with Crippen LogP contribution in [0.4, 0.5) is 5.69 Å². The van der Waals surface area contributed by atoms with Gasteiger partial charge in [-0.25, -0.2) is 15.1 Å². The molecule has 0 bridgehead atoms. The maximum Gasteiger partial charge on any atom is 0.278 e. The number of hydrogen-bond acceptors (Lipinski definition) is 12. The van der Waals surface area contributed by atoms with Crippen molar-refractivity contribution in [3.8, 4) is 0 Å². The number of hydrazine groups is 1. The number of likely N-dealkylation sites (N-methyl/N-ethyl adjacent to an activating group) is 1. The molecule has 3 unspecified atom stereocenters. The van der Waals surface area contributed by atoms with Gasteiger partial charge in [-0.15, -0.1) is 0 Å². The number of aliphatic imine (C=N–C) groups is 1. The molecule has 55 heavy (non-hydrogen) atoms. The second-order valence-electron chi connectivity index (χ2n) is 13.6. The molecule has 4 rings (SSSR count). The predicted molar refractivity (Wildman–Crippen MR) is 223 cm³/mol. The van der Waals surface area contributed by atoms with Gasteiger partial charge in [0.25, 0.3) is 11.8 Å². The first-order valence-electron chi connectivity index (χ1n) is 17.5. The van der Waals surface area contributed by atoms with Gasteiger partial charge in [-0.1, -0.05) is 63.0 Å². The van der Waals surface area contributed by atoms with Crippen LogP contribution in [0.15, 0.2) is 124 Å². The Morgan fingerprint density at radius 3 is 2.60 bits per heavy atom. The smallest absolute Gasteiger partial charge is 0.278 e. The van der Waals surface area contributed by atoms with Crippen molar-refractivity contribution in [2.24, 2.45) is 16.3 Å². The van der Waals surface area contributed by atoms with Gasteiger partial charge >= 0.3 is 0 Å². The summed E-state index contributed by atoms with van der Waals surface area (Å²) in [6.45, 7) is 10.9. The Morgan fingerprint density at radius 1 is 1.18 bits per heavy atom. The Labute approximate surface area is 334 Å². The molecule has 0 aromatic heterocycles. The zero-order valence-electron chi connectivity index (χ0n) is 31.7. The number of nitrogens with zero attached hydrogens (tertiary/aromatic N) is 4. The average Bonchev–Trinajstić information content (AvgIpc) is 3.56. The summed E-state index contributed by atoms with van der Waals surface area (Å²) in [7, 11) is 3.01. The molecule has 6 N–H and O–H groups in total. The zero-order chi connectivity index (χ0) is 40.3. The number of benzene rings is 1. The Kier molecular flexibility index (Phi) is 15.7. The minimum Gasteiger partial charge on any atom is -0.352 e. The van der Waals surface area contributed by atoms with Crippen molar-refractivity contribution >= 4 is 58.4 Å². The van der Waals surface area contributed by atoms with Crippen LogP contribution in [-0.4, -0.2) is 90.3 Å². The molecule has 3 aliphatic heterocycles. The van der Waals surface area contributed by atoms with Crippen LogP contribution in [0.25, 0.3) is 0 Å². The number of hydrogen-bond donors (Lipinski definition) is 5. The van der Waals surface area contributed by atoms with Gasteiger partial charge in [-0.2, -0.15) is 0 Å². The number of carbonyl (C=O) groups excluding carboxylic acids is 2. The van der Waals surface area contributed by atoms with Crippen LogP contribution in [0.2, 0.25) is 0 Å². The molecule has 3 atom stereocenters. The molecule has 296 valence electrons. The van der Waals surface area contributed by atoms with Crippen molar-refractivity contribution in [1.82, 2.24) is 15.4 Å². The molecule has 3 heterocycles. The van der Waals surface area contributed by atoms with Gasteiger partial charge in [0.2, 0.25) is 0 Å². The lowest BCUT2D eigenvalue weighted by molar-refractivity contribution is -0.163. The molecule has 16 heteroatoms. The highest BCUT2D eigenvalue weighted by Gasteiger charge is 2.44. The minimum atomic E-state index is -1.96. The summed E-state index contributed by atoms with van der Waals surface area (Å²) < 4.78 is 40.4. The van der Waals surface area contributed by atoms with Crippen LogP contribution < -0.4 is 16.2 Å². The number of allylic oxidation sites excluding steroid dienone is 8. The molecule has 0 aliphatic carbocycles. The van der Waals surface area contributed by atoms with E-state index < -0.39 is 27.8 Å². The van der Waals surface area contributed by atoms with Crippen LogP contribution in [-0.2, 0) is 30.9 Å². The summed E-state index contributed by atoms with van der Waals surface area (Å²) in [5, 5.41) is 1.19. The normalized spacial score (nSPS) is 21.9. The van der Waals surface area contributed by atoms with E-state index in [2.05, 4.69) is 30.8 Å². The highest BCUT2D eigenvalue weighted by Crippen LogP contribution is 2.50. The summed E-state index contributed by atoms with van der Waals surface area (Å²) >= 11 is -0.542. The predicted octanol–water partition coefficient (Wildman–Crippen LogP) is 6.14. The SMILES string of the molecule is C=C/C=C(\C=C/C1(C)\C(=C/C=C/C=C/C2=NC3C(=CC(C(=O)N(C)OC)=CN3CCCSO)C2(C)C)N(CCCS(=O)O)c2ccc(SO)cc21)C(=O)NN. The second kappa shape index (κ2) is 19.7. The maximum atomic E-state index is 13.1. The first kappa shape index (κ1) is 43.7. The summed E-state index contributed by atoms with van der Waals surface area (Å²) in [4.78, 5) is 40.7. The monoisotopic (exact) mass is 810 g/mol. The summed E-state index contributed by atoms with van der Waals surface area (Å²) in [5.74, 6) is 5.33. The quantitative estimate of drug-likeness (QED) is 0.0167. The van der Waals surface area contributed by atoms with E-state index in [9.17, 15) is 27.5 Å². The first-order valence-corrected chi connectivity index (χ1v) is 20.5. The van der Waals surface area contributed by atoms with E-state index in [1.165, 1.54) is 18.2 Å². The Morgan fingerprint density at radius 2 is 1.95 bits per heavy atom. The third-order valence-corrected chi connectivity index (χ3v) is 11.3. The number of rotatable bonds is 18. The van der Waals surface area contributed by atoms with Crippen molar-refractivity contribution < 1.29 is 32.3 Å². The van der Waals surface area contributed by atoms with E-state index in [1.807, 2.05) is 78.8 Å². The van der Waals surface area contributed by atoms with Gasteiger partial charge in [-0.3, -0.25) is 24.8 Å². The van der Waals surface area contributed by atoms with Crippen LogP contribution in [0.5, 0.6) is 0 Å². The fourth-order valence-electron chi connectivity index (χ4n) is 6.75. The topological polar surface area (TPSA) is 181 Å². The number of hydroxylamine groups is 2. The van der Waals surface area contributed by atoms with E-state index >= 15 is 0 Å². The van der Waals surface area contributed by atoms with Gasteiger partial charge in [0.05, 0.1) is 23.9 Å². The zero-order valence-corrected chi connectivity index (χ0v) is 34.1. The van der Waals surface area contributed by atoms with E-state index in [0.717, 1.165) is 40.3 Å². The molecule has 3 aliphatic rings. The van der Waals surface area contributed by atoms with Crippen molar-refractivity contribution in [3.05, 3.63) is 120 Å². The van der Waals surface area contributed by atoms with E-state index in [-0.39, 0.29) is 17.8 Å². The summed E-state index contributed by atoms with van der Waals surface area (Å²) in [5.41, 5.74) is 6.02. The Balaban J connectivity index is 1.72. The molecule has 0 saturated heterocycles. The van der Waals surface area contributed by atoms with Crippen LogP contribution in [0.3, 0.4) is 0 Å². The lowest BCUT2D eigenvalue weighted by Crippen LogP contribution is -2.38. The first-order chi connectivity index (χ1) is 26.3. The number of nitrogens with two attached hydrogens (primary N) is 1. The van der Waals surface area contributed by atoms with Crippen LogP contribution in [0.1, 0.15) is 39.2 Å².